The Morgan fingerprint density at radius 1 is 1.21 bits per heavy atom. The van der Waals surface area contributed by atoms with Gasteiger partial charge in [0.1, 0.15) is 0 Å². The van der Waals surface area contributed by atoms with Gasteiger partial charge >= 0.3 is 0 Å². The van der Waals surface area contributed by atoms with Crippen LogP contribution in [-0.2, 0) is 0 Å². The van der Waals surface area contributed by atoms with E-state index in [9.17, 15) is 0 Å². The third-order valence-corrected chi connectivity index (χ3v) is 2.25. The molecule has 3 heteroatoms. The summed E-state index contributed by atoms with van der Waals surface area (Å²) in [6.45, 7) is 2.16. The van der Waals surface area contributed by atoms with Crippen molar-refractivity contribution in [3.8, 4) is 0 Å². The van der Waals surface area contributed by atoms with Gasteiger partial charge < -0.3 is 10.7 Å². The highest BCUT2D eigenvalue weighted by atomic mass is 15.0. The smallest absolute Gasteiger partial charge is 0.0951 e. The molecule has 1 aromatic heterocycles. The van der Waals surface area contributed by atoms with Crippen LogP contribution in [0.15, 0.2) is 49.1 Å². The average Bonchev–Trinajstić information content (AvgIpc) is 2.71. The van der Waals surface area contributed by atoms with Crippen molar-refractivity contribution in [2.75, 3.05) is 0 Å². The number of hydrogen-bond acceptors (Lipinski definition) is 2. The third kappa shape index (κ3) is 2.00. The molecule has 1 unspecified atom stereocenters. The van der Waals surface area contributed by atoms with Crippen molar-refractivity contribution in [3.05, 3.63) is 54.6 Å². The Morgan fingerprint density at radius 3 is 2.50 bits per heavy atom. The van der Waals surface area contributed by atoms with E-state index in [1.807, 2.05) is 18.6 Å². The number of rotatable bonds is 2. The van der Waals surface area contributed by atoms with E-state index >= 15 is 0 Å². The second-order valence-corrected chi connectivity index (χ2v) is 3.10. The summed E-state index contributed by atoms with van der Waals surface area (Å²) in [6, 6.07) is 10.8. The van der Waals surface area contributed by atoms with Gasteiger partial charge in [0.25, 0.3) is 0 Å². The monoisotopic (exact) mass is 189 g/mol. The van der Waals surface area contributed by atoms with E-state index in [0.717, 1.165) is 0 Å². The molecule has 0 fully saturated rings. The zero-order valence-electron chi connectivity index (χ0n) is 8.30. The lowest BCUT2D eigenvalue weighted by Crippen LogP contribution is -2.03. The van der Waals surface area contributed by atoms with Gasteiger partial charge in [-0.25, -0.2) is 4.98 Å². The van der Waals surface area contributed by atoms with E-state index in [-0.39, 0.29) is 6.15 Å². The van der Waals surface area contributed by atoms with E-state index in [1.165, 1.54) is 5.56 Å². The first-order valence-electron chi connectivity index (χ1n) is 4.40. The van der Waals surface area contributed by atoms with Crippen molar-refractivity contribution in [2.45, 2.75) is 13.0 Å². The van der Waals surface area contributed by atoms with Crippen LogP contribution in [0.4, 0.5) is 0 Å². The van der Waals surface area contributed by atoms with E-state index in [4.69, 9.17) is 0 Å². The van der Waals surface area contributed by atoms with Gasteiger partial charge in [0, 0.05) is 12.4 Å². The Labute approximate surface area is 84.0 Å². The molecule has 3 N–H and O–H groups in total. The maximum Gasteiger partial charge on any atom is 0.0951 e. The SMILES string of the molecule is CC(c1ccccc1)n1ccnc1.N. The lowest BCUT2D eigenvalue weighted by molar-refractivity contribution is 0.638. The normalized spacial score (nSPS) is 11.8. The molecule has 2 aromatic rings. The van der Waals surface area contributed by atoms with Crippen LogP contribution in [0.5, 0.6) is 0 Å². The molecular formula is C11H15N3. The fraction of sp³-hybridized carbons (Fsp3) is 0.182. The summed E-state index contributed by atoms with van der Waals surface area (Å²) in [6.07, 6.45) is 5.63. The highest BCUT2D eigenvalue weighted by Gasteiger charge is 2.04. The van der Waals surface area contributed by atoms with Gasteiger partial charge in [-0.15, -0.1) is 0 Å². The van der Waals surface area contributed by atoms with Crippen molar-refractivity contribution in [3.63, 3.8) is 0 Å². The number of aromatic nitrogens is 2. The second kappa shape index (κ2) is 4.58. The molecule has 0 aliphatic carbocycles. The van der Waals surface area contributed by atoms with Crippen molar-refractivity contribution in [1.29, 1.82) is 0 Å². The summed E-state index contributed by atoms with van der Waals surface area (Å²) in [7, 11) is 0. The van der Waals surface area contributed by atoms with Crippen molar-refractivity contribution >= 4 is 0 Å². The second-order valence-electron chi connectivity index (χ2n) is 3.10. The molecular weight excluding hydrogens is 174 g/mol. The van der Waals surface area contributed by atoms with E-state index in [1.54, 1.807) is 6.20 Å². The van der Waals surface area contributed by atoms with Gasteiger partial charge in [-0.05, 0) is 12.5 Å². The summed E-state index contributed by atoms with van der Waals surface area (Å²) in [5.41, 5.74) is 1.31. The van der Waals surface area contributed by atoms with E-state index in [0.29, 0.717) is 6.04 Å². The number of benzene rings is 1. The fourth-order valence-corrected chi connectivity index (χ4v) is 1.40. The molecule has 0 amide bonds. The molecule has 0 bridgehead atoms. The first kappa shape index (κ1) is 10.5. The van der Waals surface area contributed by atoms with Crippen LogP contribution < -0.4 is 6.15 Å². The summed E-state index contributed by atoms with van der Waals surface area (Å²) in [5.74, 6) is 0. The van der Waals surface area contributed by atoms with Crippen LogP contribution >= 0.6 is 0 Å². The number of hydrogen-bond donors (Lipinski definition) is 1. The summed E-state index contributed by atoms with van der Waals surface area (Å²) >= 11 is 0. The van der Waals surface area contributed by atoms with Gasteiger partial charge in [-0.1, -0.05) is 30.3 Å². The van der Waals surface area contributed by atoms with Crippen LogP contribution in [-0.4, -0.2) is 9.55 Å². The topological polar surface area (TPSA) is 52.8 Å². The summed E-state index contributed by atoms with van der Waals surface area (Å²) < 4.78 is 2.09. The molecule has 0 spiro atoms. The van der Waals surface area contributed by atoms with Gasteiger partial charge in [-0.2, -0.15) is 0 Å². The predicted molar refractivity (Wildman–Crippen MR) is 57.5 cm³/mol. The zero-order chi connectivity index (χ0) is 9.10. The number of imidazole rings is 1. The molecule has 74 valence electrons. The van der Waals surface area contributed by atoms with Crippen molar-refractivity contribution < 1.29 is 0 Å². The molecule has 0 aliphatic heterocycles. The molecule has 1 atom stereocenters. The number of nitrogens with zero attached hydrogens (tertiary/aromatic N) is 2. The fourth-order valence-electron chi connectivity index (χ4n) is 1.40. The van der Waals surface area contributed by atoms with Crippen molar-refractivity contribution in [2.24, 2.45) is 0 Å². The van der Waals surface area contributed by atoms with Crippen LogP contribution in [0, 0.1) is 0 Å². The van der Waals surface area contributed by atoms with Gasteiger partial charge in [-0.3, -0.25) is 0 Å². The lowest BCUT2D eigenvalue weighted by Gasteiger charge is -2.12. The van der Waals surface area contributed by atoms with Crippen molar-refractivity contribution in [1.82, 2.24) is 15.7 Å². The summed E-state index contributed by atoms with van der Waals surface area (Å²) in [4.78, 5) is 4.03. The minimum Gasteiger partial charge on any atom is -0.344 e. The minimum atomic E-state index is 0. The quantitative estimate of drug-likeness (QED) is 0.789. The molecule has 0 aliphatic rings. The standard InChI is InChI=1S/C11H12N2.H3N/c1-10(13-8-7-12-9-13)11-5-3-2-4-6-11;/h2-10H,1H3;1H3. The maximum absolute atomic E-state index is 4.03. The highest BCUT2D eigenvalue weighted by molar-refractivity contribution is 5.19. The maximum atomic E-state index is 4.03. The van der Waals surface area contributed by atoms with Gasteiger partial charge in [0.05, 0.1) is 12.4 Å². The molecule has 0 saturated carbocycles. The zero-order valence-corrected chi connectivity index (χ0v) is 8.30. The minimum absolute atomic E-state index is 0. The van der Waals surface area contributed by atoms with E-state index in [2.05, 4.69) is 40.7 Å². The van der Waals surface area contributed by atoms with Crippen LogP contribution in [0.3, 0.4) is 0 Å². The Kier molecular flexibility index (Phi) is 3.42. The van der Waals surface area contributed by atoms with E-state index < -0.39 is 0 Å². The molecule has 0 saturated heterocycles. The van der Waals surface area contributed by atoms with Crippen LogP contribution in [0.2, 0.25) is 0 Å². The molecule has 0 radical (unpaired) electrons. The highest BCUT2D eigenvalue weighted by Crippen LogP contribution is 2.15. The Morgan fingerprint density at radius 2 is 1.93 bits per heavy atom. The Bertz CT molecular complexity index is 353. The Hall–Kier alpha value is -1.61. The molecule has 14 heavy (non-hydrogen) atoms. The first-order valence-corrected chi connectivity index (χ1v) is 4.40. The van der Waals surface area contributed by atoms with Gasteiger partial charge in [0.15, 0.2) is 0 Å². The molecule has 2 rings (SSSR count). The largest absolute Gasteiger partial charge is 0.344 e. The lowest BCUT2D eigenvalue weighted by atomic mass is 10.1. The van der Waals surface area contributed by atoms with Crippen LogP contribution in [0.1, 0.15) is 18.5 Å². The predicted octanol–water partition coefficient (Wildman–Crippen LogP) is 2.65. The summed E-state index contributed by atoms with van der Waals surface area (Å²) in [5, 5.41) is 0. The third-order valence-electron chi connectivity index (χ3n) is 2.25. The molecule has 1 heterocycles. The van der Waals surface area contributed by atoms with Crippen LogP contribution in [0.25, 0.3) is 0 Å². The molecule has 1 aromatic carbocycles. The first-order chi connectivity index (χ1) is 6.38. The Balaban J connectivity index is 0.000000980. The molecule has 3 nitrogen and oxygen atoms in total. The van der Waals surface area contributed by atoms with Gasteiger partial charge in [0.2, 0.25) is 0 Å². The average molecular weight is 189 g/mol.